The molecule has 6 nitrogen and oxygen atoms in total. The van der Waals surface area contributed by atoms with E-state index in [1.807, 2.05) is 53.3 Å². The standard InChI is InChI=1S/C21H24N4O2/c1-21(2,20(26)27)10-13-23-14-17-15-25(18-6-4-3-5-7-18)24-19(17)16-8-11-22-12-9-16/h3-9,11-12,15,23H,10,13-14H2,1-2H3,(H,26,27). The summed E-state index contributed by atoms with van der Waals surface area (Å²) in [5.74, 6) is -0.779. The van der Waals surface area contributed by atoms with E-state index >= 15 is 0 Å². The Labute approximate surface area is 158 Å². The van der Waals surface area contributed by atoms with Crippen molar-refractivity contribution in [1.29, 1.82) is 0 Å². The van der Waals surface area contributed by atoms with Gasteiger partial charge in [-0.15, -0.1) is 0 Å². The number of rotatable bonds is 8. The van der Waals surface area contributed by atoms with Gasteiger partial charge in [0.1, 0.15) is 0 Å². The second-order valence-corrected chi connectivity index (χ2v) is 7.13. The highest BCUT2D eigenvalue weighted by Gasteiger charge is 2.26. The maximum Gasteiger partial charge on any atom is 0.309 e. The van der Waals surface area contributed by atoms with Gasteiger partial charge in [0.2, 0.25) is 0 Å². The van der Waals surface area contributed by atoms with Crippen LogP contribution in [0.4, 0.5) is 0 Å². The summed E-state index contributed by atoms with van der Waals surface area (Å²) >= 11 is 0. The third kappa shape index (κ3) is 4.60. The van der Waals surface area contributed by atoms with Crippen molar-refractivity contribution in [3.63, 3.8) is 0 Å². The molecule has 0 aliphatic heterocycles. The first kappa shape index (κ1) is 18.8. The fourth-order valence-corrected chi connectivity index (χ4v) is 2.74. The van der Waals surface area contributed by atoms with E-state index in [2.05, 4.69) is 10.3 Å². The lowest BCUT2D eigenvalue weighted by atomic mass is 9.90. The number of hydrogen-bond acceptors (Lipinski definition) is 4. The van der Waals surface area contributed by atoms with Gasteiger partial charge >= 0.3 is 5.97 Å². The molecule has 0 unspecified atom stereocenters. The predicted molar refractivity (Wildman–Crippen MR) is 105 cm³/mol. The molecule has 140 valence electrons. The number of pyridine rings is 1. The molecule has 0 saturated carbocycles. The topological polar surface area (TPSA) is 80.0 Å². The van der Waals surface area contributed by atoms with Gasteiger partial charge in [0.15, 0.2) is 0 Å². The number of carbonyl (C=O) groups is 1. The largest absolute Gasteiger partial charge is 0.481 e. The summed E-state index contributed by atoms with van der Waals surface area (Å²) in [6.07, 6.45) is 6.08. The minimum Gasteiger partial charge on any atom is -0.481 e. The number of aromatic nitrogens is 3. The fourth-order valence-electron chi connectivity index (χ4n) is 2.74. The lowest BCUT2D eigenvalue weighted by Gasteiger charge is -2.18. The van der Waals surface area contributed by atoms with Gasteiger partial charge in [-0.3, -0.25) is 9.78 Å². The molecule has 0 amide bonds. The highest BCUT2D eigenvalue weighted by Crippen LogP contribution is 2.24. The molecule has 0 fully saturated rings. The minimum absolute atomic E-state index is 0.555. The third-order valence-corrected chi connectivity index (χ3v) is 4.59. The zero-order chi connectivity index (χ0) is 19.3. The van der Waals surface area contributed by atoms with Gasteiger partial charge < -0.3 is 10.4 Å². The molecule has 0 aliphatic carbocycles. The van der Waals surface area contributed by atoms with E-state index in [0.717, 1.165) is 22.5 Å². The fraction of sp³-hybridized carbons (Fsp3) is 0.286. The maximum absolute atomic E-state index is 11.2. The Morgan fingerprint density at radius 3 is 2.52 bits per heavy atom. The number of aliphatic carboxylic acids is 1. The molecule has 3 rings (SSSR count). The van der Waals surface area contributed by atoms with Crippen LogP contribution < -0.4 is 5.32 Å². The highest BCUT2D eigenvalue weighted by atomic mass is 16.4. The number of nitrogens with zero attached hydrogens (tertiary/aromatic N) is 3. The van der Waals surface area contributed by atoms with Crippen LogP contribution in [0.25, 0.3) is 16.9 Å². The van der Waals surface area contributed by atoms with Gasteiger partial charge in [-0.1, -0.05) is 18.2 Å². The normalized spacial score (nSPS) is 11.5. The number of hydrogen-bond donors (Lipinski definition) is 2. The van der Waals surface area contributed by atoms with Crippen molar-refractivity contribution >= 4 is 5.97 Å². The Morgan fingerprint density at radius 1 is 1.15 bits per heavy atom. The van der Waals surface area contributed by atoms with E-state index in [4.69, 9.17) is 5.10 Å². The van der Waals surface area contributed by atoms with Crippen molar-refractivity contribution in [2.45, 2.75) is 26.8 Å². The van der Waals surface area contributed by atoms with Crippen LogP contribution in [0.1, 0.15) is 25.8 Å². The monoisotopic (exact) mass is 364 g/mol. The van der Waals surface area contributed by atoms with Gasteiger partial charge in [0, 0.05) is 36.3 Å². The molecule has 0 spiro atoms. The van der Waals surface area contributed by atoms with E-state index in [1.54, 1.807) is 26.2 Å². The van der Waals surface area contributed by atoms with Crippen LogP contribution in [0.2, 0.25) is 0 Å². The molecule has 3 aromatic rings. The molecule has 2 heterocycles. The quantitative estimate of drug-likeness (QED) is 0.598. The molecule has 0 radical (unpaired) electrons. The molecule has 6 heteroatoms. The molecule has 0 bridgehead atoms. The number of para-hydroxylation sites is 1. The average molecular weight is 364 g/mol. The first-order valence-corrected chi connectivity index (χ1v) is 8.96. The molecule has 2 aromatic heterocycles. The Kier molecular flexibility index (Phi) is 5.66. The van der Waals surface area contributed by atoms with Crippen LogP contribution in [0, 0.1) is 5.41 Å². The van der Waals surface area contributed by atoms with Gasteiger partial charge in [-0.05, 0) is 51.1 Å². The third-order valence-electron chi connectivity index (χ3n) is 4.59. The van der Waals surface area contributed by atoms with E-state index < -0.39 is 11.4 Å². The van der Waals surface area contributed by atoms with Gasteiger partial charge in [-0.2, -0.15) is 5.10 Å². The molecule has 0 saturated heterocycles. The van der Waals surface area contributed by atoms with Gasteiger partial charge in [0.05, 0.1) is 16.8 Å². The molecule has 27 heavy (non-hydrogen) atoms. The lowest BCUT2D eigenvalue weighted by Crippen LogP contribution is -2.28. The van der Waals surface area contributed by atoms with Crippen molar-refractivity contribution in [2.75, 3.05) is 6.54 Å². The second kappa shape index (κ2) is 8.14. The SMILES string of the molecule is CC(C)(CCNCc1cn(-c2ccccc2)nc1-c1ccncc1)C(=O)O. The smallest absolute Gasteiger partial charge is 0.309 e. The van der Waals surface area contributed by atoms with Crippen LogP contribution in [-0.4, -0.2) is 32.4 Å². The van der Waals surface area contributed by atoms with Crippen LogP contribution >= 0.6 is 0 Å². The lowest BCUT2D eigenvalue weighted by molar-refractivity contribution is -0.147. The van der Waals surface area contributed by atoms with Crippen molar-refractivity contribution in [3.05, 3.63) is 66.6 Å². The molecule has 2 N–H and O–H groups in total. The summed E-state index contributed by atoms with van der Waals surface area (Å²) in [5, 5.41) is 17.3. The van der Waals surface area contributed by atoms with Crippen molar-refractivity contribution in [2.24, 2.45) is 5.41 Å². The molecular formula is C21H24N4O2. The van der Waals surface area contributed by atoms with Gasteiger partial charge in [0.25, 0.3) is 0 Å². The van der Waals surface area contributed by atoms with E-state index in [1.165, 1.54) is 0 Å². The van der Waals surface area contributed by atoms with Crippen LogP contribution in [0.15, 0.2) is 61.1 Å². The van der Waals surface area contributed by atoms with Crippen molar-refractivity contribution in [3.8, 4) is 16.9 Å². The second-order valence-electron chi connectivity index (χ2n) is 7.13. The predicted octanol–water partition coefficient (Wildman–Crippen LogP) is 3.52. The molecule has 0 aliphatic rings. The Balaban J connectivity index is 1.79. The first-order valence-electron chi connectivity index (χ1n) is 8.96. The van der Waals surface area contributed by atoms with Crippen LogP contribution in [0.5, 0.6) is 0 Å². The summed E-state index contributed by atoms with van der Waals surface area (Å²) in [5.41, 5.74) is 3.20. The highest BCUT2D eigenvalue weighted by molar-refractivity contribution is 5.73. The summed E-state index contributed by atoms with van der Waals surface area (Å²) < 4.78 is 1.87. The Bertz CT molecular complexity index is 889. The van der Waals surface area contributed by atoms with Crippen LogP contribution in [-0.2, 0) is 11.3 Å². The number of benzene rings is 1. The summed E-state index contributed by atoms with van der Waals surface area (Å²) in [6.45, 7) is 4.71. The zero-order valence-corrected chi connectivity index (χ0v) is 15.6. The van der Waals surface area contributed by atoms with Crippen molar-refractivity contribution in [1.82, 2.24) is 20.1 Å². The average Bonchev–Trinajstić information content (AvgIpc) is 3.11. The van der Waals surface area contributed by atoms with E-state index in [0.29, 0.717) is 19.5 Å². The molecule has 0 atom stereocenters. The number of carboxylic acids is 1. The van der Waals surface area contributed by atoms with Crippen LogP contribution in [0.3, 0.4) is 0 Å². The van der Waals surface area contributed by atoms with E-state index in [-0.39, 0.29) is 0 Å². The van der Waals surface area contributed by atoms with E-state index in [9.17, 15) is 9.90 Å². The number of nitrogens with one attached hydrogen (secondary N) is 1. The number of carboxylic acid groups (broad SMARTS) is 1. The van der Waals surface area contributed by atoms with Crippen molar-refractivity contribution < 1.29 is 9.90 Å². The Hall–Kier alpha value is -2.99. The maximum atomic E-state index is 11.2. The minimum atomic E-state index is -0.779. The molecule has 1 aromatic carbocycles. The first-order chi connectivity index (χ1) is 13.0. The summed E-state index contributed by atoms with van der Waals surface area (Å²) in [6, 6.07) is 13.8. The molecular weight excluding hydrogens is 340 g/mol. The zero-order valence-electron chi connectivity index (χ0n) is 15.6. The Morgan fingerprint density at radius 2 is 1.85 bits per heavy atom. The van der Waals surface area contributed by atoms with Gasteiger partial charge in [-0.25, -0.2) is 4.68 Å². The summed E-state index contributed by atoms with van der Waals surface area (Å²) in [4.78, 5) is 15.3. The summed E-state index contributed by atoms with van der Waals surface area (Å²) in [7, 11) is 0.